The minimum absolute atomic E-state index is 0. The van der Waals surface area contributed by atoms with Crippen molar-refractivity contribution in [2.75, 3.05) is 0 Å². The van der Waals surface area contributed by atoms with E-state index in [4.69, 9.17) is 16.0 Å². The van der Waals surface area contributed by atoms with Crippen LogP contribution >= 0.6 is 11.6 Å². The summed E-state index contributed by atoms with van der Waals surface area (Å²) in [6, 6.07) is 8.07. The molecule has 17 heavy (non-hydrogen) atoms. The Morgan fingerprint density at radius 1 is 1.18 bits per heavy atom. The van der Waals surface area contributed by atoms with Crippen LogP contribution in [0.1, 0.15) is 29.2 Å². The Morgan fingerprint density at radius 3 is 2.00 bits per heavy atom. The summed E-state index contributed by atoms with van der Waals surface area (Å²) in [5.74, 6) is 1.51. The topological polar surface area (TPSA) is 9.23 Å². The Bertz CT molecular complexity index is 353. The van der Waals surface area contributed by atoms with Gasteiger partial charge in [-0.1, -0.05) is 32.9 Å². The molecule has 0 saturated carbocycles. The van der Waals surface area contributed by atoms with E-state index in [1.54, 1.807) is 0 Å². The van der Waals surface area contributed by atoms with Crippen LogP contribution in [-0.4, -0.2) is 31.4 Å². The smallest absolute Gasteiger partial charge is 1.00 e. The Balaban J connectivity index is -0.000000853. The minimum atomic E-state index is -1.71. The van der Waals surface area contributed by atoms with Crippen LogP contribution in [0.4, 0.5) is 0 Å². The molecule has 0 amide bonds. The number of halogens is 1. The summed E-state index contributed by atoms with van der Waals surface area (Å²) in [6.45, 7) is 11.2. The van der Waals surface area contributed by atoms with E-state index in [9.17, 15) is 0 Å². The molecule has 1 aromatic carbocycles. The second-order valence-electron chi connectivity index (χ2n) is 5.64. The van der Waals surface area contributed by atoms with Gasteiger partial charge in [-0.05, 0) is 35.8 Å². The van der Waals surface area contributed by atoms with E-state index in [0.717, 1.165) is 11.3 Å². The second kappa shape index (κ2) is 6.46. The van der Waals surface area contributed by atoms with Gasteiger partial charge in [-0.15, -0.1) is 11.6 Å². The van der Waals surface area contributed by atoms with Crippen LogP contribution in [0.15, 0.2) is 24.3 Å². The molecule has 0 saturated heterocycles. The third-order valence-corrected chi connectivity index (χ3v) is 7.92. The van der Waals surface area contributed by atoms with E-state index in [0.29, 0.717) is 5.88 Å². The van der Waals surface area contributed by atoms with Gasteiger partial charge in [0, 0.05) is 5.88 Å². The molecule has 0 heterocycles. The molecular formula is C13H23ClMgOSi. The molecule has 0 bridgehead atoms. The van der Waals surface area contributed by atoms with Gasteiger partial charge in [0.1, 0.15) is 5.75 Å². The van der Waals surface area contributed by atoms with Crippen LogP contribution in [0, 0.1) is 0 Å². The van der Waals surface area contributed by atoms with Gasteiger partial charge in [0.2, 0.25) is 8.32 Å². The van der Waals surface area contributed by atoms with E-state index in [1.807, 2.05) is 24.3 Å². The van der Waals surface area contributed by atoms with E-state index in [2.05, 4.69) is 33.9 Å². The number of hydrogen-bond donors (Lipinski definition) is 0. The van der Waals surface area contributed by atoms with Gasteiger partial charge in [0.05, 0.1) is 0 Å². The van der Waals surface area contributed by atoms with Gasteiger partial charge in [0.25, 0.3) is 0 Å². The average Bonchev–Trinajstić information content (AvgIpc) is 2.16. The second-order valence-corrected chi connectivity index (χ2v) is 10.6. The molecule has 0 aliphatic carbocycles. The summed E-state index contributed by atoms with van der Waals surface area (Å²) in [7, 11) is -1.71. The Labute approximate surface area is 130 Å². The predicted molar refractivity (Wildman–Crippen MR) is 81.8 cm³/mol. The SMILES string of the molecule is CC(C)(C)[Si](C)(C)Oc1ccc(CCl)cc1.[H-].[H-].[Mg+2]. The summed E-state index contributed by atoms with van der Waals surface area (Å²) >= 11 is 5.75. The number of rotatable bonds is 3. The maximum Gasteiger partial charge on any atom is 2.00 e. The van der Waals surface area contributed by atoms with E-state index >= 15 is 0 Å². The molecule has 0 aromatic heterocycles. The summed E-state index contributed by atoms with van der Waals surface area (Å²) in [5, 5.41) is 0.234. The van der Waals surface area contributed by atoms with Crippen LogP contribution in [0.5, 0.6) is 5.75 Å². The maximum absolute atomic E-state index is 6.16. The molecule has 94 valence electrons. The quantitative estimate of drug-likeness (QED) is 0.579. The summed E-state index contributed by atoms with van der Waals surface area (Å²) in [5.41, 5.74) is 1.13. The summed E-state index contributed by atoms with van der Waals surface area (Å²) in [6.07, 6.45) is 0. The molecule has 0 aliphatic heterocycles. The first-order valence-electron chi connectivity index (χ1n) is 5.60. The fourth-order valence-corrected chi connectivity index (χ4v) is 2.30. The number of alkyl halides is 1. The number of benzene rings is 1. The molecule has 1 rings (SSSR count). The molecule has 1 aromatic rings. The largest absolute Gasteiger partial charge is 2.00 e. The first-order valence-corrected chi connectivity index (χ1v) is 9.04. The normalized spacial score (nSPS) is 11.9. The van der Waals surface area contributed by atoms with Gasteiger partial charge in [-0.2, -0.15) is 0 Å². The summed E-state index contributed by atoms with van der Waals surface area (Å²) in [4.78, 5) is 0. The van der Waals surface area contributed by atoms with Crippen molar-refractivity contribution >= 4 is 43.0 Å². The van der Waals surface area contributed by atoms with E-state index in [-0.39, 0.29) is 30.9 Å². The van der Waals surface area contributed by atoms with Crippen LogP contribution < -0.4 is 4.43 Å². The fourth-order valence-electron chi connectivity index (χ4n) is 1.09. The zero-order valence-corrected chi connectivity index (χ0v) is 14.7. The van der Waals surface area contributed by atoms with E-state index in [1.165, 1.54) is 0 Å². The Morgan fingerprint density at radius 2 is 1.65 bits per heavy atom. The first-order chi connectivity index (χ1) is 7.26. The molecule has 0 radical (unpaired) electrons. The number of hydrogen-bond acceptors (Lipinski definition) is 1. The van der Waals surface area contributed by atoms with E-state index < -0.39 is 8.32 Å². The van der Waals surface area contributed by atoms with Crippen LogP contribution in [0.25, 0.3) is 0 Å². The van der Waals surface area contributed by atoms with Crippen molar-refractivity contribution in [3.8, 4) is 5.75 Å². The summed E-state index contributed by atoms with van der Waals surface area (Å²) < 4.78 is 6.16. The third kappa shape index (κ3) is 4.81. The third-order valence-electron chi connectivity index (χ3n) is 3.26. The predicted octanol–water partition coefficient (Wildman–Crippen LogP) is 4.65. The molecule has 0 atom stereocenters. The van der Waals surface area contributed by atoms with Crippen molar-refractivity contribution in [2.45, 2.75) is 44.8 Å². The van der Waals surface area contributed by atoms with Crippen molar-refractivity contribution < 1.29 is 7.28 Å². The zero-order valence-electron chi connectivity index (χ0n) is 13.5. The van der Waals surface area contributed by atoms with Gasteiger partial charge >= 0.3 is 23.1 Å². The Hall–Kier alpha value is 0.293. The van der Waals surface area contributed by atoms with Crippen molar-refractivity contribution in [3.05, 3.63) is 29.8 Å². The van der Waals surface area contributed by atoms with Gasteiger partial charge in [-0.3, -0.25) is 0 Å². The first kappa shape index (κ1) is 17.3. The molecule has 0 N–H and O–H groups in total. The van der Waals surface area contributed by atoms with Crippen LogP contribution in [0.2, 0.25) is 18.1 Å². The van der Waals surface area contributed by atoms with Crippen molar-refractivity contribution in [1.29, 1.82) is 0 Å². The van der Waals surface area contributed by atoms with Gasteiger partial charge in [-0.25, -0.2) is 0 Å². The minimum Gasteiger partial charge on any atom is -1.00 e. The molecule has 1 nitrogen and oxygen atoms in total. The maximum atomic E-state index is 6.16. The van der Waals surface area contributed by atoms with Crippen molar-refractivity contribution in [3.63, 3.8) is 0 Å². The standard InChI is InChI=1S/C13H21ClOSi.Mg.2H/c1-13(2,3)16(4,5)15-12-8-6-11(10-14)7-9-12;;;/h6-9H,10H2,1-5H3;;;/q;+2;2*-1. The molecule has 0 aliphatic rings. The fraction of sp³-hybridized carbons (Fsp3) is 0.538. The molecule has 0 unspecified atom stereocenters. The Kier molecular flexibility index (Phi) is 6.57. The van der Waals surface area contributed by atoms with Crippen molar-refractivity contribution in [1.82, 2.24) is 0 Å². The molecular weight excluding hydrogens is 260 g/mol. The van der Waals surface area contributed by atoms with Crippen LogP contribution in [0.3, 0.4) is 0 Å². The van der Waals surface area contributed by atoms with Gasteiger partial charge in [0.15, 0.2) is 0 Å². The average molecular weight is 283 g/mol. The monoisotopic (exact) mass is 282 g/mol. The van der Waals surface area contributed by atoms with Crippen LogP contribution in [-0.2, 0) is 5.88 Å². The van der Waals surface area contributed by atoms with Crippen molar-refractivity contribution in [2.24, 2.45) is 0 Å². The molecule has 0 spiro atoms. The zero-order chi connectivity index (χ0) is 12.4. The molecule has 4 heteroatoms. The molecule has 0 fully saturated rings. The van der Waals surface area contributed by atoms with Gasteiger partial charge < -0.3 is 7.28 Å².